The van der Waals surface area contributed by atoms with Crippen LogP contribution in [-0.2, 0) is 18.3 Å². The van der Waals surface area contributed by atoms with Crippen LogP contribution in [-0.4, -0.2) is 47.8 Å². The average molecular weight is 406 g/mol. The van der Waals surface area contributed by atoms with Gasteiger partial charge in [0.05, 0.1) is 42.0 Å². The molecule has 0 amide bonds. The summed E-state index contributed by atoms with van der Waals surface area (Å²) in [6.07, 6.45) is 0. The SMILES string of the molecule is COc1cc2c(cc1CN1CCOCC1)c(C#N)c(-c1ccc([N+](=O)[O-])cc1)n2C. The van der Waals surface area contributed by atoms with Gasteiger partial charge in [0.25, 0.3) is 5.69 Å². The number of aryl methyl sites for hydroxylation is 1. The number of benzene rings is 2. The summed E-state index contributed by atoms with van der Waals surface area (Å²) >= 11 is 0. The normalized spacial score (nSPS) is 14.6. The van der Waals surface area contributed by atoms with Crippen LogP contribution in [0.5, 0.6) is 5.75 Å². The first-order valence-corrected chi connectivity index (χ1v) is 9.67. The second kappa shape index (κ2) is 8.14. The van der Waals surface area contributed by atoms with E-state index in [1.54, 1.807) is 19.2 Å². The molecule has 1 aromatic heterocycles. The van der Waals surface area contributed by atoms with Gasteiger partial charge in [-0.2, -0.15) is 5.26 Å². The minimum atomic E-state index is -0.431. The Labute approximate surface area is 174 Å². The molecule has 0 saturated carbocycles. The van der Waals surface area contributed by atoms with Crippen molar-refractivity contribution in [3.63, 3.8) is 0 Å². The third-order valence-corrected chi connectivity index (χ3v) is 5.56. The van der Waals surface area contributed by atoms with Crippen molar-refractivity contribution < 1.29 is 14.4 Å². The fourth-order valence-electron chi connectivity index (χ4n) is 4.01. The Kier molecular flexibility index (Phi) is 5.40. The number of fused-ring (bicyclic) bond motifs is 1. The standard InChI is InChI=1S/C22H22N4O4/c1-24-20-12-21(29-2)16(14-25-7-9-30-10-8-25)11-18(20)19(13-23)22(24)15-3-5-17(6-4-15)26(27)28/h3-6,11-12H,7-10,14H2,1-2H3. The van der Waals surface area contributed by atoms with E-state index in [-0.39, 0.29) is 5.69 Å². The van der Waals surface area contributed by atoms with Crippen molar-refractivity contribution in [2.45, 2.75) is 6.54 Å². The molecule has 0 bridgehead atoms. The van der Waals surface area contributed by atoms with E-state index in [2.05, 4.69) is 11.0 Å². The van der Waals surface area contributed by atoms with Gasteiger partial charge in [-0.3, -0.25) is 15.0 Å². The molecule has 8 nitrogen and oxygen atoms in total. The summed E-state index contributed by atoms with van der Waals surface area (Å²) < 4.78 is 13.0. The molecule has 0 atom stereocenters. The number of aromatic nitrogens is 1. The molecule has 1 fully saturated rings. The first kappa shape index (κ1) is 19.9. The number of morpholine rings is 1. The van der Waals surface area contributed by atoms with Crippen molar-refractivity contribution in [3.8, 4) is 23.1 Å². The van der Waals surface area contributed by atoms with Crippen LogP contribution in [0.15, 0.2) is 36.4 Å². The summed E-state index contributed by atoms with van der Waals surface area (Å²) in [6.45, 7) is 3.85. The highest BCUT2D eigenvalue weighted by atomic mass is 16.6. The number of nitro groups is 1. The molecule has 4 rings (SSSR count). The molecule has 0 aliphatic carbocycles. The summed E-state index contributed by atoms with van der Waals surface area (Å²) in [6, 6.07) is 12.6. The molecule has 8 heteroatoms. The highest BCUT2D eigenvalue weighted by Gasteiger charge is 2.21. The summed E-state index contributed by atoms with van der Waals surface area (Å²) in [5.41, 5.74) is 3.95. The van der Waals surface area contributed by atoms with Crippen molar-refractivity contribution >= 4 is 16.6 Å². The second-order valence-electron chi connectivity index (χ2n) is 7.27. The third kappa shape index (κ3) is 3.49. The molecule has 0 radical (unpaired) electrons. The lowest BCUT2D eigenvalue weighted by atomic mass is 10.0. The van der Waals surface area contributed by atoms with Crippen LogP contribution < -0.4 is 4.74 Å². The van der Waals surface area contributed by atoms with Crippen LogP contribution >= 0.6 is 0 Å². The van der Waals surface area contributed by atoms with Crippen LogP contribution in [0.4, 0.5) is 5.69 Å². The maximum atomic E-state index is 11.0. The number of hydrogen-bond acceptors (Lipinski definition) is 6. The Bertz CT molecular complexity index is 1140. The van der Waals surface area contributed by atoms with Gasteiger partial charge in [-0.05, 0) is 18.2 Å². The van der Waals surface area contributed by atoms with Crippen molar-refractivity contribution in [1.82, 2.24) is 9.47 Å². The molecule has 1 aliphatic rings. The van der Waals surface area contributed by atoms with Crippen LogP contribution in [0.3, 0.4) is 0 Å². The second-order valence-corrected chi connectivity index (χ2v) is 7.27. The Balaban J connectivity index is 1.83. The third-order valence-electron chi connectivity index (χ3n) is 5.56. The first-order chi connectivity index (χ1) is 14.5. The van der Waals surface area contributed by atoms with Crippen LogP contribution in [0.2, 0.25) is 0 Å². The molecular formula is C22H22N4O4. The minimum absolute atomic E-state index is 0.0190. The molecule has 0 N–H and O–H groups in total. The van der Waals surface area contributed by atoms with E-state index in [9.17, 15) is 15.4 Å². The topological polar surface area (TPSA) is 93.6 Å². The van der Waals surface area contributed by atoms with E-state index in [0.717, 1.165) is 53.1 Å². The van der Waals surface area contributed by atoms with Crippen LogP contribution in [0.25, 0.3) is 22.2 Å². The zero-order chi connectivity index (χ0) is 21.3. The largest absolute Gasteiger partial charge is 0.496 e. The fraction of sp³-hybridized carbons (Fsp3) is 0.318. The van der Waals surface area contributed by atoms with Gasteiger partial charge in [0.15, 0.2) is 0 Å². The Morgan fingerprint density at radius 3 is 2.53 bits per heavy atom. The minimum Gasteiger partial charge on any atom is -0.496 e. The Morgan fingerprint density at radius 1 is 1.23 bits per heavy atom. The monoisotopic (exact) mass is 406 g/mol. The predicted octanol–water partition coefficient (Wildman–Crippen LogP) is 3.47. The Morgan fingerprint density at radius 2 is 1.93 bits per heavy atom. The number of methoxy groups -OCH3 is 1. The number of hydrogen-bond donors (Lipinski definition) is 0. The van der Waals surface area contributed by atoms with Gasteiger partial charge in [-0.25, -0.2) is 0 Å². The Hall–Kier alpha value is -3.41. The number of nitrogens with zero attached hydrogens (tertiary/aromatic N) is 4. The lowest BCUT2D eigenvalue weighted by Gasteiger charge is -2.27. The van der Waals surface area contributed by atoms with E-state index in [4.69, 9.17) is 9.47 Å². The van der Waals surface area contributed by atoms with Crippen molar-refractivity contribution in [2.24, 2.45) is 7.05 Å². The lowest BCUT2D eigenvalue weighted by molar-refractivity contribution is -0.384. The van der Waals surface area contributed by atoms with Gasteiger partial charge in [0.2, 0.25) is 0 Å². The highest BCUT2D eigenvalue weighted by Crippen LogP contribution is 2.37. The van der Waals surface area contributed by atoms with E-state index in [0.29, 0.717) is 18.8 Å². The van der Waals surface area contributed by atoms with Crippen molar-refractivity contribution in [3.05, 3.63) is 57.6 Å². The molecule has 2 aromatic carbocycles. The number of ether oxygens (including phenoxy) is 2. The van der Waals surface area contributed by atoms with Crippen LogP contribution in [0.1, 0.15) is 11.1 Å². The molecule has 2 heterocycles. The number of non-ortho nitro benzene ring substituents is 1. The smallest absolute Gasteiger partial charge is 0.269 e. The van der Waals surface area contributed by atoms with E-state index < -0.39 is 4.92 Å². The molecule has 0 unspecified atom stereocenters. The van der Waals surface area contributed by atoms with E-state index in [1.165, 1.54) is 12.1 Å². The molecule has 0 spiro atoms. The van der Waals surface area contributed by atoms with Gasteiger partial charge in [0, 0.05) is 61.4 Å². The average Bonchev–Trinajstić information content (AvgIpc) is 3.04. The maximum absolute atomic E-state index is 11.0. The van der Waals surface area contributed by atoms with Crippen molar-refractivity contribution in [1.29, 1.82) is 5.26 Å². The maximum Gasteiger partial charge on any atom is 0.269 e. The van der Waals surface area contributed by atoms with Gasteiger partial charge in [-0.1, -0.05) is 0 Å². The van der Waals surface area contributed by atoms with Crippen LogP contribution in [0, 0.1) is 21.4 Å². The molecule has 154 valence electrons. The molecule has 3 aromatic rings. The van der Waals surface area contributed by atoms with Gasteiger partial charge < -0.3 is 14.0 Å². The predicted molar refractivity (Wildman–Crippen MR) is 112 cm³/mol. The van der Waals surface area contributed by atoms with E-state index >= 15 is 0 Å². The zero-order valence-electron chi connectivity index (χ0n) is 16.9. The lowest BCUT2D eigenvalue weighted by Crippen LogP contribution is -2.35. The number of nitriles is 1. The fourth-order valence-corrected chi connectivity index (χ4v) is 4.01. The van der Waals surface area contributed by atoms with Gasteiger partial charge >= 0.3 is 0 Å². The first-order valence-electron chi connectivity index (χ1n) is 9.67. The summed E-state index contributed by atoms with van der Waals surface area (Å²) in [5, 5.41) is 21.8. The zero-order valence-corrected chi connectivity index (χ0v) is 16.9. The number of nitro benzene ring substituents is 1. The number of rotatable bonds is 5. The van der Waals surface area contributed by atoms with E-state index in [1.807, 2.05) is 23.7 Å². The quantitative estimate of drug-likeness (QED) is 0.476. The molecule has 1 saturated heterocycles. The highest BCUT2D eigenvalue weighted by molar-refractivity contribution is 5.95. The van der Waals surface area contributed by atoms with Gasteiger partial charge in [-0.15, -0.1) is 0 Å². The summed E-state index contributed by atoms with van der Waals surface area (Å²) in [7, 11) is 3.54. The summed E-state index contributed by atoms with van der Waals surface area (Å²) in [4.78, 5) is 12.8. The molecule has 1 aliphatic heterocycles. The molecule has 30 heavy (non-hydrogen) atoms. The van der Waals surface area contributed by atoms with Crippen molar-refractivity contribution in [2.75, 3.05) is 33.4 Å². The summed E-state index contributed by atoms with van der Waals surface area (Å²) in [5.74, 6) is 0.773. The molecular weight excluding hydrogens is 384 g/mol. The van der Waals surface area contributed by atoms with Gasteiger partial charge in [0.1, 0.15) is 11.8 Å².